The summed E-state index contributed by atoms with van der Waals surface area (Å²) in [6.07, 6.45) is 0.814. The summed E-state index contributed by atoms with van der Waals surface area (Å²) in [6, 6.07) is 5.60. The van der Waals surface area contributed by atoms with E-state index < -0.39 is 0 Å². The van der Waals surface area contributed by atoms with Crippen molar-refractivity contribution in [3.05, 3.63) is 23.8 Å². The third-order valence-electron chi connectivity index (χ3n) is 2.90. The van der Waals surface area contributed by atoms with Gasteiger partial charge in [-0.15, -0.1) is 0 Å². The van der Waals surface area contributed by atoms with E-state index in [9.17, 15) is 4.79 Å². The highest BCUT2D eigenvalue weighted by Gasteiger charge is 2.12. The average molecular weight is 250 g/mol. The van der Waals surface area contributed by atoms with Crippen LogP contribution in [-0.4, -0.2) is 31.7 Å². The molecule has 1 amide bonds. The fourth-order valence-electron chi connectivity index (χ4n) is 1.78. The van der Waals surface area contributed by atoms with Crippen molar-refractivity contribution in [2.75, 3.05) is 19.8 Å². The number of hydrogen-bond donors (Lipinski definition) is 2. The number of nitrogens with two attached hydrogens (primary N) is 1. The monoisotopic (exact) mass is 250 g/mol. The van der Waals surface area contributed by atoms with Crippen LogP contribution in [0.1, 0.15) is 12.5 Å². The Balaban J connectivity index is 1.88. The number of ether oxygens (including phenoxy) is 2. The summed E-state index contributed by atoms with van der Waals surface area (Å²) in [4.78, 5) is 10.9. The van der Waals surface area contributed by atoms with Crippen molar-refractivity contribution < 1.29 is 14.3 Å². The Bertz CT molecular complexity index is 434. The van der Waals surface area contributed by atoms with Crippen molar-refractivity contribution >= 4 is 5.91 Å². The molecule has 1 aromatic rings. The number of carbonyl (C=O) groups excluding carboxylic acids is 1. The maximum atomic E-state index is 10.9. The molecular formula is C13H18N2O3. The minimum atomic E-state index is -0.336. The van der Waals surface area contributed by atoms with Crippen molar-refractivity contribution in [1.82, 2.24) is 5.32 Å². The Hall–Kier alpha value is -1.75. The smallest absolute Gasteiger partial charge is 0.234 e. The Morgan fingerprint density at radius 3 is 2.83 bits per heavy atom. The first kappa shape index (κ1) is 12.7. The molecule has 5 heteroatoms. The van der Waals surface area contributed by atoms with Gasteiger partial charge in [-0.1, -0.05) is 6.07 Å². The Morgan fingerprint density at radius 2 is 2.11 bits per heavy atom. The van der Waals surface area contributed by atoms with E-state index in [0.29, 0.717) is 19.8 Å². The first-order chi connectivity index (χ1) is 8.66. The molecule has 5 nitrogen and oxygen atoms in total. The summed E-state index contributed by atoms with van der Waals surface area (Å²) in [6.45, 7) is 3.65. The van der Waals surface area contributed by atoms with E-state index in [1.165, 1.54) is 0 Å². The van der Waals surface area contributed by atoms with Crippen molar-refractivity contribution in [3.8, 4) is 11.5 Å². The summed E-state index contributed by atoms with van der Waals surface area (Å²) in [7, 11) is 0. The molecule has 1 unspecified atom stereocenters. The van der Waals surface area contributed by atoms with Crippen molar-refractivity contribution in [2.24, 2.45) is 5.73 Å². The van der Waals surface area contributed by atoms with E-state index in [2.05, 4.69) is 5.32 Å². The zero-order chi connectivity index (χ0) is 13.0. The van der Waals surface area contributed by atoms with Crippen LogP contribution in [0.15, 0.2) is 18.2 Å². The van der Waals surface area contributed by atoms with E-state index in [4.69, 9.17) is 15.2 Å². The van der Waals surface area contributed by atoms with Crippen LogP contribution in [0.25, 0.3) is 0 Å². The second-order valence-electron chi connectivity index (χ2n) is 4.31. The molecule has 0 aliphatic carbocycles. The summed E-state index contributed by atoms with van der Waals surface area (Å²) < 4.78 is 11.0. The topological polar surface area (TPSA) is 73.6 Å². The fraction of sp³-hybridized carbons (Fsp3) is 0.462. The number of benzene rings is 1. The van der Waals surface area contributed by atoms with Gasteiger partial charge in [-0.05, 0) is 37.6 Å². The lowest BCUT2D eigenvalue weighted by molar-refractivity contribution is -0.119. The van der Waals surface area contributed by atoms with Gasteiger partial charge in [0.15, 0.2) is 11.5 Å². The SMILES string of the molecule is CC(NCCc1ccc2c(c1)OCCO2)C(N)=O. The van der Waals surface area contributed by atoms with Crippen LogP contribution in [0.3, 0.4) is 0 Å². The molecule has 1 atom stereocenters. The lowest BCUT2D eigenvalue weighted by atomic mass is 10.1. The van der Waals surface area contributed by atoms with Gasteiger partial charge in [-0.3, -0.25) is 4.79 Å². The third kappa shape index (κ3) is 3.13. The minimum Gasteiger partial charge on any atom is -0.486 e. The number of primary amides is 1. The van der Waals surface area contributed by atoms with Gasteiger partial charge in [0.1, 0.15) is 13.2 Å². The van der Waals surface area contributed by atoms with Gasteiger partial charge in [-0.2, -0.15) is 0 Å². The van der Waals surface area contributed by atoms with E-state index in [0.717, 1.165) is 23.5 Å². The quantitative estimate of drug-likeness (QED) is 0.796. The maximum Gasteiger partial charge on any atom is 0.234 e. The van der Waals surface area contributed by atoms with Crippen LogP contribution < -0.4 is 20.5 Å². The molecule has 3 N–H and O–H groups in total. The molecule has 0 bridgehead atoms. The van der Waals surface area contributed by atoms with Crippen molar-refractivity contribution in [3.63, 3.8) is 0 Å². The van der Waals surface area contributed by atoms with E-state index >= 15 is 0 Å². The summed E-state index contributed by atoms with van der Waals surface area (Å²) >= 11 is 0. The second kappa shape index (κ2) is 5.73. The first-order valence-corrected chi connectivity index (χ1v) is 6.08. The van der Waals surface area contributed by atoms with Gasteiger partial charge < -0.3 is 20.5 Å². The van der Waals surface area contributed by atoms with Gasteiger partial charge >= 0.3 is 0 Å². The largest absolute Gasteiger partial charge is 0.486 e. The predicted octanol–water partition coefficient (Wildman–Crippen LogP) is 0.464. The highest BCUT2D eigenvalue weighted by atomic mass is 16.6. The zero-order valence-electron chi connectivity index (χ0n) is 10.4. The molecule has 98 valence electrons. The molecule has 18 heavy (non-hydrogen) atoms. The molecule has 0 radical (unpaired) electrons. The number of amides is 1. The molecule has 1 aromatic carbocycles. The van der Waals surface area contributed by atoms with Crippen molar-refractivity contribution in [2.45, 2.75) is 19.4 Å². The number of fused-ring (bicyclic) bond motifs is 1. The Labute approximate surface area is 106 Å². The van der Waals surface area contributed by atoms with E-state index in [1.807, 2.05) is 18.2 Å². The molecule has 1 aliphatic heterocycles. The van der Waals surface area contributed by atoms with Gasteiger partial charge in [0.2, 0.25) is 5.91 Å². The highest BCUT2D eigenvalue weighted by molar-refractivity contribution is 5.79. The first-order valence-electron chi connectivity index (χ1n) is 6.08. The standard InChI is InChI=1S/C13H18N2O3/c1-9(13(14)16)15-5-4-10-2-3-11-12(8-10)18-7-6-17-11/h2-3,8-9,15H,4-7H2,1H3,(H2,14,16). The van der Waals surface area contributed by atoms with E-state index in [-0.39, 0.29) is 11.9 Å². The lowest BCUT2D eigenvalue weighted by Gasteiger charge is -2.19. The van der Waals surface area contributed by atoms with Crippen LogP contribution in [0.5, 0.6) is 11.5 Å². The van der Waals surface area contributed by atoms with Gasteiger partial charge in [0, 0.05) is 0 Å². The summed E-state index contributed by atoms with van der Waals surface area (Å²) in [5.74, 6) is 1.25. The Morgan fingerprint density at radius 1 is 1.39 bits per heavy atom. The van der Waals surface area contributed by atoms with Crippen molar-refractivity contribution in [1.29, 1.82) is 0 Å². The molecule has 0 saturated heterocycles. The fourth-order valence-corrected chi connectivity index (χ4v) is 1.78. The number of hydrogen-bond acceptors (Lipinski definition) is 4. The molecule has 1 aliphatic rings. The van der Waals surface area contributed by atoms with Gasteiger partial charge in [0.25, 0.3) is 0 Å². The van der Waals surface area contributed by atoms with Crippen LogP contribution in [0.4, 0.5) is 0 Å². The lowest BCUT2D eigenvalue weighted by Crippen LogP contribution is -2.39. The number of rotatable bonds is 5. The van der Waals surface area contributed by atoms with Gasteiger partial charge in [-0.25, -0.2) is 0 Å². The predicted molar refractivity (Wildman–Crippen MR) is 67.8 cm³/mol. The van der Waals surface area contributed by atoms with Crippen LogP contribution in [0, 0.1) is 0 Å². The summed E-state index contributed by atoms with van der Waals surface area (Å²) in [5.41, 5.74) is 6.31. The third-order valence-corrected chi connectivity index (χ3v) is 2.90. The van der Waals surface area contributed by atoms with Crippen LogP contribution in [0.2, 0.25) is 0 Å². The molecular weight excluding hydrogens is 232 g/mol. The van der Waals surface area contributed by atoms with E-state index in [1.54, 1.807) is 6.92 Å². The number of nitrogens with one attached hydrogen (secondary N) is 1. The number of carbonyl (C=O) groups is 1. The molecule has 2 rings (SSSR count). The van der Waals surface area contributed by atoms with Crippen LogP contribution in [-0.2, 0) is 11.2 Å². The maximum absolute atomic E-state index is 10.9. The molecule has 0 aromatic heterocycles. The second-order valence-corrected chi connectivity index (χ2v) is 4.31. The summed E-state index contributed by atoms with van der Waals surface area (Å²) in [5, 5.41) is 3.06. The minimum absolute atomic E-state index is 0.304. The molecule has 0 spiro atoms. The average Bonchev–Trinajstić information content (AvgIpc) is 2.38. The highest BCUT2D eigenvalue weighted by Crippen LogP contribution is 2.30. The Kier molecular flexibility index (Phi) is 4.04. The normalized spacial score (nSPS) is 15.2. The molecule has 0 saturated carbocycles. The molecule has 0 fully saturated rings. The van der Waals surface area contributed by atoms with Crippen LogP contribution >= 0.6 is 0 Å². The molecule has 1 heterocycles. The zero-order valence-corrected chi connectivity index (χ0v) is 10.4. The van der Waals surface area contributed by atoms with Gasteiger partial charge in [0.05, 0.1) is 6.04 Å².